The molecule has 0 saturated carbocycles. The highest BCUT2D eigenvalue weighted by molar-refractivity contribution is 6.18. The van der Waals surface area contributed by atoms with Gasteiger partial charge in [0.2, 0.25) is 5.96 Å². The Kier molecular flexibility index (Phi) is 1.92. The number of amides is 1. The lowest BCUT2D eigenvalue weighted by Crippen LogP contribution is -2.50. The average molecular weight is 216 g/mol. The zero-order chi connectivity index (χ0) is 11.1. The number of pyridine rings is 1. The topological polar surface area (TPSA) is 48.8 Å². The molecule has 3 heterocycles. The fraction of sp³-hybridized carbons (Fsp3) is 0.364. The number of guanidine groups is 1. The zero-order valence-electron chi connectivity index (χ0n) is 9.05. The Hall–Kier alpha value is -1.91. The lowest BCUT2D eigenvalue weighted by molar-refractivity contribution is 0.0851. The summed E-state index contributed by atoms with van der Waals surface area (Å²) < 4.78 is 0. The van der Waals surface area contributed by atoms with Gasteiger partial charge in [-0.05, 0) is 19.1 Å². The van der Waals surface area contributed by atoms with Crippen LogP contribution in [0.25, 0.3) is 0 Å². The number of nitrogens with zero attached hydrogens (tertiary/aromatic N) is 4. The number of rotatable bonds is 1. The van der Waals surface area contributed by atoms with Crippen LogP contribution < -0.4 is 4.90 Å². The predicted octanol–water partition coefficient (Wildman–Crippen LogP) is 0.733. The van der Waals surface area contributed by atoms with Crippen LogP contribution in [-0.2, 0) is 0 Å². The summed E-state index contributed by atoms with van der Waals surface area (Å²) in [5.41, 5.74) is 0.671. The quantitative estimate of drug-likeness (QED) is 0.695. The maximum atomic E-state index is 12.1. The lowest BCUT2D eigenvalue weighted by Gasteiger charge is -2.34. The molecule has 5 nitrogen and oxygen atoms in total. The molecule has 0 atom stereocenters. The molecule has 0 N–H and O–H groups in total. The molecule has 0 unspecified atom stereocenters. The van der Waals surface area contributed by atoms with Crippen molar-refractivity contribution >= 4 is 17.7 Å². The molecule has 5 heteroatoms. The molecule has 3 rings (SSSR count). The van der Waals surface area contributed by atoms with Gasteiger partial charge < -0.3 is 0 Å². The summed E-state index contributed by atoms with van der Waals surface area (Å²) in [6.45, 7) is 4.17. The molecular weight excluding hydrogens is 204 g/mol. The van der Waals surface area contributed by atoms with Crippen LogP contribution in [0.4, 0.5) is 5.82 Å². The largest absolute Gasteiger partial charge is 0.296 e. The minimum Gasteiger partial charge on any atom is -0.296 e. The van der Waals surface area contributed by atoms with Gasteiger partial charge in [-0.2, -0.15) is 0 Å². The van der Waals surface area contributed by atoms with E-state index in [2.05, 4.69) is 9.98 Å². The molecule has 0 fully saturated rings. The summed E-state index contributed by atoms with van der Waals surface area (Å²) in [7, 11) is 0. The van der Waals surface area contributed by atoms with Crippen LogP contribution >= 0.6 is 0 Å². The minimum absolute atomic E-state index is 0.0176. The molecule has 1 aromatic heterocycles. The van der Waals surface area contributed by atoms with Gasteiger partial charge in [0, 0.05) is 19.3 Å². The molecule has 0 aromatic carbocycles. The summed E-state index contributed by atoms with van der Waals surface area (Å²) in [6, 6.07) is 3.62. The van der Waals surface area contributed by atoms with E-state index >= 15 is 0 Å². The van der Waals surface area contributed by atoms with Gasteiger partial charge in [0.25, 0.3) is 5.91 Å². The molecule has 0 spiro atoms. The SMILES string of the molecule is CCN1C2=NCCN2C(=O)c2cccnc21. The van der Waals surface area contributed by atoms with Crippen molar-refractivity contribution in [2.45, 2.75) is 6.92 Å². The first-order chi connectivity index (χ1) is 7.83. The van der Waals surface area contributed by atoms with E-state index in [4.69, 9.17) is 0 Å². The number of carbonyl (C=O) groups is 1. The predicted molar refractivity (Wildman–Crippen MR) is 60.6 cm³/mol. The van der Waals surface area contributed by atoms with Crippen LogP contribution in [-0.4, -0.2) is 41.4 Å². The first kappa shape index (κ1) is 9.33. The third-order valence-corrected chi connectivity index (χ3v) is 2.89. The van der Waals surface area contributed by atoms with Crippen molar-refractivity contribution in [2.24, 2.45) is 4.99 Å². The van der Waals surface area contributed by atoms with E-state index in [1.165, 1.54) is 0 Å². The Labute approximate surface area is 93.4 Å². The maximum Gasteiger partial charge on any atom is 0.264 e. The van der Waals surface area contributed by atoms with Crippen molar-refractivity contribution in [2.75, 3.05) is 24.5 Å². The molecular formula is C11H12N4O. The second kappa shape index (κ2) is 3.30. The standard InChI is InChI=1S/C11H12N4O/c1-2-14-9-8(4-3-5-12-9)10(16)15-7-6-13-11(14)15/h3-5H,2,6-7H2,1H3. The fourth-order valence-electron chi connectivity index (χ4n) is 2.17. The summed E-state index contributed by atoms with van der Waals surface area (Å²) in [5, 5.41) is 0. The van der Waals surface area contributed by atoms with Crippen LogP contribution in [0.3, 0.4) is 0 Å². The van der Waals surface area contributed by atoms with Crippen molar-refractivity contribution in [1.82, 2.24) is 9.88 Å². The number of carbonyl (C=O) groups excluding carboxylic acids is 1. The first-order valence-corrected chi connectivity index (χ1v) is 5.42. The van der Waals surface area contributed by atoms with Gasteiger partial charge in [0.15, 0.2) is 0 Å². The number of anilines is 1. The third-order valence-electron chi connectivity index (χ3n) is 2.89. The van der Waals surface area contributed by atoms with E-state index in [0.717, 1.165) is 18.3 Å². The van der Waals surface area contributed by atoms with Gasteiger partial charge in [-0.3, -0.25) is 19.6 Å². The van der Waals surface area contributed by atoms with Crippen molar-refractivity contribution < 1.29 is 4.79 Å². The van der Waals surface area contributed by atoms with Gasteiger partial charge in [-0.1, -0.05) is 0 Å². The maximum absolute atomic E-state index is 12.1. The second-order valence-electron chi connectivity index (χ2n) is 3.76. The Morgan fingerprint density at radius 1 is 1.50 bits per heavy atom. The molecule has 0 bridgehead atoms. The molecule has 2 aliphatic heterocycles. The van der Waals surface area contributed by atoms with E-state index < -0.39 is 0 Å². The van der Waals surface area contributed by atoms with Gasteiger partial charge in [0.1, 0.15) is 5.82 Å². The Bertz CT molecular complexity index is 483. The van der Waals surface area contributed by atoms with Crippen LogP contribution in [0.15, 0.2) is 23.3 Å². The molecule has 16 heavy (non-hydrogen) atoms. The fourth-order valence-corrected chi connectivity index (χ4v) is 2.17. The van der Waals surface area contributed by atoms with Crippen molar-refractivity contribution in [3.05, 3.63) is 23.9 Å². The van der Waals surface area contributed by atoms with E-state index in [9.17, 15) is 4.79 Å². The van der Waals surface area contributed by atoms with Gasteiger partial charge in [-0.15, -0.1) is 0 Å². The van der Waals surface area contributed by atoms with Gasteiger partial charge in [0.05, 0.1) is 12.1 Å². The smallest absolute Gasteiger partial charge is 0.264 e. The van der Waals surface area contributed by atoms with E-state index in [0.29, 0.717) is 18.7 Å². The van der Waals surface area contributed by atoms with Crippen molar-refractivity contribution in [3.63, 3.8) is 0 Å². The molecule has 1 amide bonds. The van der Waals surface area contributed by atoms with E-state index in [1.54, 1.807) is 17.2 Å². The number of hydrogen-bond donors (Lipinski definition) is 0. The Balaban J connectivity index is 2.19. The highest BCUT2D eigenvalue weighted by Gasteiger charge is 2.36. The Morgan fingerprint density at radius 3 is 3.19 bits per heavy atom. The molecule has 82 valence electrons. The van der Waals surface area contributed by atoms with E-state index in [-0.39, 0.29) is 5.91 Å². The van der Waals surface area contributed by atoms with Crippen LogP contribution in [0, 0.1) is 0 Å². The van der Waals surface area contributed by atoms with E-state index in [1.807, 2.05) is 17.9 Å². The normalized spacial score (nSPS) is 18.3. The summed E-state index contributed by atoms with van der Waals surface area (Å²) in [6.07, 6.45) is 1.71. The summed E-state index contributed by atoms with van der Waals surface area (Å²) >= 11 is 0. The zero-order valence-corrected chi connectivity index (χ0v) is 9.05. The first-order valence-electron chi connectivity index (χ1n) is 5.42. The van der Waals surface area contributed by atoms with Gasteiger partial charge in [-0.25, -0.2) is 4.98 Å². The number of hydrogen-bond acceptors (Lipinski definition) is 4. The van der Waals surface area contributed by atoms with Crippen LogP contribution in [0.5, 0.6) is 0 Å². The Morgan fingerprint density at radius 2 is 2.38 bits per heavy atom. The molecule has 2 aliphatic rings. The number of aliphatic imine (C=N–C) groups is 1. The molecule has 1 aromatic rings. The third kappa shape index (κ3) is 1.08. The number of aromatic nitrogens is 1. The highest BCUT2D eigenvalue weighted by Crippen LogP contribution is 2.27. The van der Waals surface area contributed by atoms with Gasteiger partial charge >= 0.3 is 0 Å². The number of fused-ring (bicyclic) bond motifs is 2. The van der Waals surface area contributed by atoms with Crippen molar-refractivity contribution in [3.8, 4) is 0 Å². The average Bonchev–Trinajstić information content (AvgIpc) is 2.79. The summed E-state index contributed by atoms with van der Waals surface area (Å²) in [4.78, 5) is 24.5. The monoisotopic (exact) mass is 216 g/mol. The molecule has 0 aliphatic carbocycles. The molecule has 0 radical (unpaired) electrons. The molecule has 0 saturated heterocycles. The van der Waals surface area contributed by atoms with Crippen molar-refractivity contribution in [1.29, 1.82) is 0 Å². The van der Waals surface area contributed by atoms with Crippen LogP contribution in [0.1, 0.15) is 17.3 Å². The summed E-state index contributed by atoms with van der Waals surface area (Å²) in [5.74, 6) is 1.50. The second-order valence-corrected chi connectivity index (χ2v) is 3.76. The van der Waals surface area contributed by atoms with Crippen LogP contribution in [0.2, 0.25) is 0 Å². The highest BCUT2D eigenvalue weighted by atomic mass is 16.2. The minimum atomic E-state index is 0.0176. The lowest BCUT2D eigenvalue weighted by atomic mass is 10.1.